The lowest BCUT2D eigenvalue weighted by Crippen LogP contribution is -2.43. The van der Waals surface area contributed by atoms with E-state index in [2.05, 4.69) is 5.32 Å². The molecule has 0 aliphatic heterocycles. The van der Waals surface area contributed by atoms with Gasteiger partial charge in [-0.2, -0.15) is 0 Å². The molecular formula is C19H21NO5. The zero-order valence-electron chi connectivity index (χ0n) is 14.2. The van der Waals surface area contributed by atoms with Crippen molar-refractivity contribution in [2.24, 2.45) is 0 Å². The van der Waals surface area contributed by atoms with Crippen LogP contribution < -0.4 is 10.1 Å². The summed E-state index contributed by atoms with van der Waals surface area (Å²) in [5, 5.41) is 11.6. The van der Waals surface area contributed by atoms with Gasteiger partial charge in [0.05, 0.1) is 13.2 Å². The van der Waals surface area contributed by atoms with Gasteiger partial charge >= 0.3 is 5.97 Å². The van der Waals surface area contributed by atoms with Crippen LogP contribution in [0, 0.1) is 0 Å². The predicted molar refractivity (Wildman–Crippen MR) is 93.8 cm³/mol. The Bertz CT molecular complexity index is 744. The average Bonchev–Trinajstić information content (AvgIpc) is 2.62. The molecule has 2 N–H and O–H groups in total. The number of carboxylic acids is 1. The van der Waals surface area contributed by atoms with E-state index in [4.69, 9.17) is 14.6 Å². The van der Waals surface area contributed by atoms with Gasteiger partial charge in [0, 0.05) is 18.2 Å². The molecule has 0 saturated carbocycles. The van der Waals surface area contributed by atoms with Crippen LogP contribution in [0.2, 0.25) is 0 Å². The lowest BCUT2D eigenvalue weighted by atomic mass is 10.0. The maximum absolute atomic E-state index is 12.4. The van der Waals surface area contributed by atoms with Gasteiger partial charge in [-0.15, -0.1) is 0 Å². The standard InChI is InChI=1S/C19H21NO5/c1-3-25-17-10-5-4-9-15(17)13-7-6-8-14(11-13)18(21)20-16(12-24-2)19(22)23/h4-11,16H,3,12H2,1-2H3,(H,20,21)(H,22,23). The van der Waals surface area contributed by atoms with Gasteiger partial charge in [-0.25, -0.2) is 4.79 Å². The molecule has 0 spiro atoms. The number of hydrogen-bond donors (Lipinski definition) is 2. The second-order valence-electron chi connectivity index (χ2n) is 5.33. The molecule has 2 aromatic rings. The molecule has 0 aliphatic carbocycles. The van der Waals surface area contributed by atoms with E-state index in [-0.39, 0.29) is 6.61 Å². The number of para-hydroxylation sites is 1. The Balaban J connectivity index is 2.27. The summed E-state index contributed by atoms with van der Waals surface area (Å²) in [6.45, 7) is 2.34. The number of methoxy groups -OCH3 is 1. The fourth-order valence-corrected chi connectivity index (χ4v) is 2.40. The monoisotopic (exact) mass is 343 g/mol. The van der Waals surface area contributed by atoms with Crippen molar-refractivity contribution in [2.75, 3.05) is 20.3 Å². The van der Waals surface area contributed by atoms with Crippen LogP contribution in [-0.4, -0.2) is 43.3 Å². The van der Waals surface area contributed by atoms with Gasteiger partial charge in [-0.3, -0.25) is 4.79 Å². The molecule has 25 heavy (non-hydrogen) atoms. The number of nitrogens with one attached hydrogen (secondary N) is 1. The number of carbonyl (C=O) groups is 2. The van der Waals surface area contributed by atoms with Gasteiger partial charge in [0.2, 0.25) is 0 Å². The maximum atomic E-state index is 12.4. The van der Waals surface area contributed by atoms with Crippen molar-refractivity contribution in [3.05, 3.63) is 54.1 Å². The molecule has 2 aromatic carbocycles. The van der Waals surface area contributed by atoms with Gasteiger partial charge in [0.25, 0.3) is 5.91 Å². The molecule has 0 aromatic heterocycles. The summed E-state index contributed by atoms with van der Waals surface area (Å²) >= 11 is 0. The molecule has 0 heterocycles. The van der Waals surface area contributed by atoms with Gasteiger partial charge in [0.15, 0.2) is 6.04 Å². The van der Waals surface area contributed by atoms with Gasteiger partial charge in [0.1, 0.15) is 5.75 Å². The fraction of sp³-hybridized carbons (Fsp3) is 0.263. The van der Waals surface area contributed by atoms with Crippen LogP contribution in [-0.2, 0) is 9.53 Å². The lowest BCUT2D eigenvalue weighted by molar-refractivity contribution is -0.140. The minimum absolute atomic E-state index is 0.103. The number of amides is 1. The third-order valence-corrected chi connectivity index (χ3v) is 3.56. The molecule has 0 fully saturated rings. The highest BCUT2D eigenvalue weighted by molar-refractivity contribution is 5.97. The number of carbonyl (C=O) groups excluding carboxylic acids is 1. The molecule has 1 unspecified atom stereocenters. The van der Waals surface area contributed by atoms with Crippen LogP contribution in [0.4, 0.5) is 0 Å². The average molecular weight is 343 g/mol. The minimum Gasteiger partial charge on any atom is -0.493 e. The van der Waals surface area contributed by atoms with Crippen molar-refractivity contribution >= 4 is 11.9 Å². The Labute approximate surface area is 146 Å². The second-order valence-corrected chi connectivity index (χ2v) is 5.33. The van der Waals surface area contributed by atoms with Crippen LogP contribution in [0.15, 0.2) is 48.5 Å². The first-order valence-corrected chi connectivity index (χ1v) is 7.91. The van der Waals surface area contributed by atoms with Crippen molar-refractivity contribution in [3.8, 4) is 16.9 Å². The molecular weight excluding hydrogens is 322 g/mol. The summed E-state index contributed by atoms with van der Waals surface area (Å²) in [4.78, 5) is 23.5. The molecule has 0 saturated heterocycles. The number of ether oxygens (including phenoxy) is 2. The van der Waals surface area contributed by atoms with Crippen LogP contribution in [0.1, 0.15) is 17.3 Å². The zero-order chi connectivity index (χ0) is 18.2. The van der Waals surface area contributed by atoms with Crippen LogP contribution >= 0.6 is 0 Å². The van der Waals surface area contributed by atoms with Crippen LogP contribution in [0.25, 0.3) is 11.1 Å². The third kappa shape index (κ3) is 4.81. The number of rotatable bonds is 8. The summed E-state index contributed by atoms with van der Waals surface area (Å²) in [6.07, 6.45) is 0. The number of benzene rings is 2. The second kappa shape index (κ2) is 8.84. The van der Waals surface area contributed by atoms with E-state index in [1.807, 2.05) is 37.3 Å². The molecule has 0 radical (unpaired) electrons. The zero-order valence-corrected chi connectivity index (χ0v) is 14.2. The summed E-state index contributed by atoms with van der Waals surface area (Å²) in [6, 6.07) is 13.4. The Kier molecular flexibility index (Phi) is 6.54. The number of aliphatic carboxylic acids is 1. The molecule has 0 bridgehead atoms. The summed E-state index contributed by atoms with van der Waals surface area (Å²) in [7, 11) is 1.38. The SMILES string of the molecule is CCOc1ccccc1-c1cccc(C(=O)NC(COC)C(=O)O)c1. The summed E-state index contributed by atoms with van der Waals surface area (Å²) < 4.78 is 10.5. The molecule has 1 atom stereocenters. The van der Waals surface area contributed by atoms with E-state index >= 15 is 0 Å². The number of hydrogen-bond acceptors (Lipinski definition) is 4. The molecule has 132 valence electrons. The molecule has 1 amide bonds. The Morgan fingerprint density at radius 2 is 1.92 bits per heavy atom. The Morgan fingerprint density at radius 3 is 2.60 bits per heavy atom. The van der Waals surface area contributed by atoms with Crippen LogP contribution in [0.5, 0.6) is 5.75 Å². The van der Waals surface area contributed by atoms with E-state index in [1.54, 1.807) is 18.2 Å². The Morgan fingerprint density at radius 1 is 1.16 bits per heavy atom. The maximum Gasteiger partial charge on any atom is 0.328 e. The van der Waals surface area contributed by atoms with Crippen LogP contribution in [0.3, 0.4) is 0 Å². The van der Waals surface area contributed by atoms with Gasteiger partial charge in [-0.05, 0) is 30.7 Å². The first kappa shape index (κ1) is 18.5. The van der Waals surface area contributed by atoms with Gasteiger partial charge < -0.3 is 19.9 Å². The molecule has 6 heteroatoms. The third-order valence-electron chi connectivity index (χ3n) is 3.56. The van der Waals surface area contributed by atoms with Crippen molar-refractivity contribution in [1.29, 1.82) is 0 Å². The highest BCUT2D eigenvalue weighted by Crippen LogP contribution is 2.30. The van der Waals surface area contributed by atoms with E-state index in [9.17, 15) is 9.59 Å². The predicted octanol–water partition coefficient (Wildman–Crippen LogP) is 2.58. The van der Waals surface area contributed by atoms with Crippen molar-refractivity contribution < 1.29 is 24.2 Å². The highest BCUT2D eigenvalue weighted by Gasteiger charge is 2.20. The quantitative estimate of drug-likeness (QED) is 0.769. The molecule has 2 rings (SSSR count). The summed E-state index contributed by atoms with van der Waals surface area (Å²) in [5.41, 5.74) is 2.05. The van der Waals surface area contributed by atoms with E-state index in [1.165, 1.54) is 7.11 Å². The topological polar surface area (TPSA) is 84.9 Å². The highest BCUT2D eigenvalue weighted by atomic mass is 16.5. The van der Waals surface area contributed by atoms with E-state index < -0.39 is 17.9 Å². The first-order chi connectivity index (χ1) is 12.1. The molecule has 0 aliphatic rings. The number of carboxylic acid groups (broad SMARTS) is 1. The largest absolute Gasteiger partial charge is 0.493 e. The minimum atomic E-state index is -1.15. The van der Waals surface area contributed by atoms with E-state index in [0.717, 1.165) is 16.9 Å². The van der Waals surface area contributed by atoms with Gasteiger partial charge in [-0.1, -0.05) is 30.3 Å². The van der Waals surface area contributed by atoms with Crippen molar-refractivity contribution in [1.82, 2.24) is 5.32 Å². The fourth-order valence-electron chi connectivity index (χ4n) is 2.40. The first-order valence-electron chi connectivity index (χ1n) is 7.91. The Hall–Kier alpha value is -2.86. The smallest absolute Gasteiger partial charge is 0.328 e. The van der Waals surface area contributed by atoms with Crippen molar-refractivity contribution in [3.63, 3.8) is 0 Å². The normalized spacial score (nSPS) is 11.6. The lowest BCUT2D eigenvalue weighted by Gasteiger charge is -2.14. The van der Waals surface area contributed by atoms with Crippen molar-refractivity contribution in [2.45, 2.75) is 13.0 Å². The molecule has 6 nitrogen and oxygen atoms in total. The summed E-state index contributed by atoms with van der Waals surface area (Å²) in [5.74, 6) is -0.890. The van der Waals surface area contributed by atoms with E-state index in [0.29, 0.717) is 12.2 Å².